The minimum absolute atomic E-state index is 0.0213. The fraction of sp³-hybridized carbons (Fsp3) is 0.400. The van der Waals surface area contributed by atoms with Gasteiger partial charge in [0.15, 0.2) is 0 Å². The Morgan fingerprint density at radius 2 is 2.13 bits per heavy atom. The first-order chi connectivity index (χ1) is 14.7. The number of allylic oxidation sites excluding steroid dienone is 2. The summed E-state index contributed by atoms with van der Waals surface area (Å²) >= 11 is 0. The van der Waals surface area contributed by atoms with E-state index in [1.54, 1.807) is 0 Å². The van der Waals surface area contributed by atoms with E-state index in [0.717, 1.165) is 53.2 Å². The number of hydrogen-bond acceptors (Lipinski definition) is 5. The van der Waals surface area contributed by atoms with Crippen LogP contribution in [-0.2, 0) is 11.3 Å². The summed E-state index contributed by atoms with van der Waals surface area (Å²) in [5.41, 5.74) is 4.33. The zero-order valence-electron chi connectivity index (χ0n) is 18.4. The smallest absolute Gasteiger partial charge is 0.147 e. The number of aliphatic hydroxyl groups excluding tert-OH is 1. The van der Waals surface area contributed by atoms with E-state index in [2.05, 4.69) is 49.6 Å². The van der Waals surface area contributed by atoms with Gasteiger partial charge in [-0.25, -0.2) is 0 Å². The average molecular weight is 420 g/mol. The molecule has 1 N–H and O–H groups in total. The van der Waals surface area contributed by atoms with Crippen LogP contribution < -0.4 is 4.74 Å². The van der Waals surface area contributed by atoms with Crippen molar-refractivity contribution in [3.05, 3.63) is 66.2 Å². The third kappa shape index (κ3) is 3.26. The maximum Gasteiger partial charge on any atom is 0.147 e. The Balaban J connectivity index is 1.66. The lowest BCUT2D eigenvalue weighted by Crippen LogP contribution is -2.47. The molecular weight excluding hydrogens is 390 g/mol. The molecular formula is C25H29N3O3. The Kier molecular flexibility index (Phi) is 4.52. The van der Waals surface area contributed by atoms with E-state index < -0.39 is 0 Å². The summed E-state index contributed by atoms with van der Waals surface area (Å²) in [7, 11) is 0. The molecule has 0 bridgehead atoms. The van der Waals surface area contributed by atoms with Crippen molar-refractivity contribution in [3.63, 3.8) is 0 Å². The molecule has 3 aliphatic heterocycles. The van der Waals surface area contributed by atoms with E-state index in [-0.39, 0.29) is 23.3 Å². The summed E-state index contributed by atoms with van der Waals surface area (Å²) in [5.74, 6) is 0.829. The lowest BCUT2D eigenvalue weighted by molar-refractivity contribution is 0.142. The normalized spacial score (nSPS) is 23.3. The molecule has 1 fully saturated rings. The number of nitrogens with zero attached hydrogens (tertiary/aromatic N) is 3. The van der Waals surface area contributed by atoms with E-state index >= 15 is 0 Å². The Morgan fingerprint density at radius 1 is 1.32 bits per heavy atom. The van der Waals surface area contributed by atoms with E-state index in [0.29, 0.717) is 12.2 Å². The van der Waals surface area contributed by atoms with E-state index in [1.165, 1.54) is 0 Å². The molecule has 0 saturated carbocycles. The second kappa shape index (κ2) is 7.02. The quantitative estimate of drug-likeness (QED) is 0.724. The number of rotatable bonds is 3. The summed E-state index contributed by atoms with van der Waals surface area (Å²) < 4.78 is 13.8. The molecule has 31 heavy (non-hydrogen) atoms. The monoisotopic (exact) mass is 419 g/mol. The molecule has 1 saturated heterocycles. The standard InChI is InChI=1S/C25H29N3O3/c1-15-11-20-24-18-7-6-8-21(31-17-9-10-30-14-17)23(18)26-28(24)13-22(25(3,4)5)27(20)12-19(15)16(2)29/h6-8,11-12,17,22,29H,1-2,9-10,13-14H2,3-5H3. The zero-order chi connectivity index (χ0) is 21.9. The van der Waals surface area contributed by atoms with Gasteiger partial charge in [0.2, 0.25) is 0 Å². The van der Waals surface area contributed by atoms with Gasteiger partial charge < -0.3 is 19.5 Å². The number of benzene rings is 1. The summed E-state index contributed by atoms with van der Waals surface area (Å²) in [6.07, 6.45) is 4.97. The highest BCUT2D eigenvalue weighted by molar-refractivity contribution is 5.95. The van der Waals surface area contributed by atoms with Gasteiger partial charge >= 0.3 is 0 Å². The van der Waals surface area contributed by atoms with Crippen molar-refractivity contribution < 1.29 is 14.6 Å². The lowest BCUT2D eigenvalue weighted by atomic mass is 9.82. The maximum absolute atomic E-state index is 10.1. The van der Waals surface area contributed by atoms with E-state index in [9.17, 15) is 5.11 Å². The van der Waals surface area contributed by atoms with Crippen molar-refractivity contribution in [2.75, 3.05) is 13.2 Å². The van der Waals surface area contributed by atoms with Crippen LogP contribution in [0.5, 0.6) is 5.75 Å². The molecule has 6 heteroatoms. The van der Waals surface area contributed by atoms with Crippen LogP contribution in [-0.4, -0.2) is 45.1 Å². The molecule has 1 aromatic heterocycles. The van der Waals surface area contributed by atoms with Crippen LogP contribution in [0.1, 0.15) is 32.9 Å². The molecule has 0 spiro atoms. The van der Waals surface area contributed by atoms with Crippen molar-refractivity contribution in [1.29, 1.82) is 0 Å². The molecule has 2 atom stereocenters. The van der Waals surface area contributed by atoms with Gasteiger partial charge in [-0.2, -0.15) is 5.10 Å². The van der Waals surface area contributed by atoms with Gasteiger partial charge in [-0.15, -0.1) is 0 Å². The highest BCUT2D eigenvalue weighted by atomic mass is 16.5. The summed E-state index contributed by atoms with van der Waals surface area (Å²) in [6.45, 7) is 16.6. The third-order valence-corrected chi connectivity index (χ3v) is 6.35. The zero-order valence-corrected chi connectivity index (χ0v) is 18.4. The molecule has 0 radical (unpaired) electrons. The molecule has 0 aliphatic carbocycles. The second-order valence-corrected chi connectivity index (χ2v) is 9.62. The van der Waals surface area contributed by atoms with Crippen LogP contribution >= 0.6 is 0 Å². The number of hydrogen-bond donors (Lipinski definition) is 1. The fourth-order valence-corrected chi connectivity index (χ4v) is 4.67. The Labute approximate surface area is 182 Å². The first-order valence-corrected chi connectivity index (χ1v) is 10.8. The summed E-state index contributed by atoms with van der Waals surface area (Å²) in [5, 5.41) is 16.1. The van der Waals surface area contributed by atoms with Crippen molar-refractivity contribution in [2.45, 2.75) is 45.9 Å². The Morgan fingerprint density at radius 3 is 2.81 bits per heavy atom. The molecule has 2 unspecified atom stereocenters. The Hall–Kier alpha value is -2.99. The minimum Gasteiger partial charge on any atom is -0.508 e. The number of aromatic nitrogens is 2. The highest BCUT2D eigenvalue weighted by Crippen LogP contribution is 2.44. The van der Waals surface area contributed by atoms with Gasteiger partial charge in [0.1, 0.15) is 23.1 Å². The molecule has 0 amide bonds. The molecule has 6 nitrogen and oxygen atoms in total. The molecule has 5 rings (SSSR count). The number of ether oxygens (including phenoxy) is 2. The summed E-state index contributed by atoms with van der Waals surface area (Å²) in [4.78, 5) is 2.25. The second-order valence-electron chi connectivity index (χ2n) is 9.62. The first kappa shape index (κ1) is 19.9. The summed E-state index contributed by atoms with van der Waals surface area (Å²) in [6, 6.07) is 6.25. The largest absolute Gasteiger partial charge is 0.508 e. The predicted octanol–water partition coefficient (Wildman–Crippen LogP) is 4.80. The van der Waals surface area contributed by atoms with Crippen LogP contribution in [0, 0.1) is 5.41 Å². The van der Waals surface area contributed by atoms with E-state index in [1.807, 2.05) is 24.4 Å². The lowest BCUT2D eigenvalue weighted by Gasteiger charge is -2.46. The molecule has 1 aromatic carbocycles. The average Bonchev–Trinajstić information content (AvgIpc) is 3.34. The maximum atomic E-state index is 10.1. The van der Waals surface area contributed by atoms with Gasteiger partial charge in [-0.3, -0.25) is 4.68 Å². The van der Waals surface area contributed by atoms with Crippen molar-refractivity contribution in [3.8, 4) is 5.75 Å². The topological polar surface area (TPSA) is 59.8 Å². The molecule has 4 heterocycles. The predicted molar refractivity (Wildman–Crippen MR) is 122 cm³/mol. The number of aliphatic hydroxyl groups is 1. The van der Waals surface area contributed by atoms with Crippen LogP contribution in [0.4, 0.5) is 0 Å². The number of fused-ring (bicyclic) bond motifs is 5. The van der Waals surface area contributed by atoms with Crippen molar-refractivity contribution in [2.24, 2.45) is 5.41 Å². The van der Waals surface area contributed by atoms with E-state index in [4.69, 9.17) is 14.6 Å². The van der Waals surface area contributed by atoms with Crippen LogP contribution in [0.2, 0.25) is 0 Å². The van der Waals surface area contributed by atoms with Gasteiger partial charge in [0.25, 0.3) is 0 Å². The van der Waals surface area contributed by atoms with Gasteiger partial charge in [0.05, 0.1) is 37.2 Å². The highest BCUT2D eigenvalue weighted by Gasteiger charge is 2.40. The molecule has 2 aromatic rings. The van der Waals surface area contributed by atoms with Crippen molar-refractivity contribution in [1.82, 2.24) is 14.7 Å². The minimum atomic E-state index is -0.0213. The molecule has 3 aliphatic rings. The van der Waals surface area contributed by atoms with Gasteiger partial charge in [-0.05, 0) is 23.1 Å². The van der Waals surface area contributed by atoms with Crippen LogP contribution in [0.15, 0.2) is 60.5 Å². The van der Waals surface area contributed by atoms with Crippen LogP contribution in [0.25, 0.3) is 16.6 Å². The Bertz CT molecular complexity index is 1140. The van der Waals surface area contributed by atoms with Crippen LogP contribution in [0.3, 0.4) is 0 Å². The van der Waals surface area contributed by atoms with Gasteiger partial charge in [0, 0.05) is 23.6 Å². The van der Waals surface area contributed by atoms with Crippen molar-refractivity contribution >= 4 is 16.6 Å². The SMILES string of the molecule is C=C(O)C1=CN2C(=CC1=C)c1c3cccc(OC4CCOC4)c3nn1CC2C(C)(C)C. The molecule has 162 valence electrons. The fourth-order valence-electron chi connectivity index (χ4n) is 4.67. The third-order valence-electron chi connectivity index (χ3n) is 6.35. The van der Waals surface area contributed by atoms with Gasteiger partial charge in [-0.1, -0.05) is 46.1 Å². The first-order valence-electron chi connectivity index (χ1n) is 10.8.